The quantitative estimate of drug-likeness (QED) is 0.890. The second-order valence-corrected chi connectivity index (χ2v) is 5.85. The number of rotatable bonds is 5. The first-order chi connectivity index (χ1) is 11.2. The predicted molar refractivity (Wildman–Crippen MR) is 88.9 cm³/mol. The summed E-state index contributed by atoms with van der Waals surface area (Å²) in [6, 6.07) is 20.0. The molecule has 1 atom stereocenters. The molecule has 1 saturated heterocycles. The number of hydrogen-bond donors (Lipinski definition) is 2. The molecule has 0 saturated carbocycles. The van der Waals surface area contributed by atoms with E-state index in [-0.39, 0.29) is 23.8 Å². The van der Waals surface area contributed by atoms with E-state index in [0.29, 0.717) is 19.4 Å². The van der Waals surface area contributed by atoms with Crippen LogP contribution in [0.25, 0.3) is 0 Å². The molecule has 23 heavy (non-hydrogen) atoms. The normalized spacial score (nSPS) is 17.1. The van der Waals surface area contributed by atoms with Crippen LogP contribution in [0.1, 0.15) is 29.9 Å². The van der Waals surface area contributed by atoms with Crippen LogP contribution in [0.15, 0.2) is 60.7 Å². The number of hydrogen-bond acceptors (Lipinski definition) is 2. The third-order valence-corrected chi connectivity index (χ3v) is 4.14. The van der Waals surface area contributed by atoms with E-state index in [4.69, 9.17) is 0 Å². The van der Waals surface area contributed by atoms with Crippen molar-refractivity contribution < 1.29 is 9.59 Å². The highest BCUT2D eigenvalue weighted by Crippen LogP contribution is 2.27. The van der Waals surface area contributed by atoms with Gasteiger partial charge in [0.05, 0.1) is 6.04 Å². The van der Waals surface area contributed by atoms with Gasteiger partial charge in [-0.1, -0.05) is 60.7 Å². The van der Waals surface area contributed by atoms with Crippen molar-refractivity contribution in [3.05, 3.63) is 71.8 Å². The Balaban J connectivity index is 1.74. The Morgan fingerprint density at radius 2 is 1.61 bits per heavy atom. The molecule has 2 amide bonds. The zero-order chi connectivity index (χ0) is 16.1. The lowest BCUT2D eigenvalue weighted by Gasteiger charge is -2.19. The van der Waals surface area contributed by atoms with E-state index in [0.717, 1.165) is 11.1 Å². The lowest BCUT2D eigenvalue weighted by Crippen LogP contribution is -2.36. The Labute approximate surface area is 135 Å². The van der Waals surface area contributed by atoms with Crippen LogP contribution in [0, 0.1) is 0 Å². The number of benzene rings is 2. The van der Waals surface area contributed by atoms with Crippen LogP contribution in [0.5, 0.6) is 0 Å². The van der Waals surface area contributed by atoms with Crippen LogP contribution >= 0.6 is 0 Å². The summed E-state index contributed by atoms with van der Waals surface area (Å²) in [6.45, 7) is 0.520. The maximum absolute atomic E-state index is 12.4. The number of nitrogens with one attached hydrogen (secondary N) is 2. The van der Waals surface area contributed by atoms with Crippen molar-refractivity contribution in [1.29, 1.82) is 0 Å². The van der Waals surface area contributed by atoms with Gasteiger partial charge in [-0.25, -0.2) is 0 Å². The standard InChI is InChI=1S/C19H20N2O2/c22-18-11-16(13-20-18)21-19(23)12-17(14-7-3-1-4-8-14)15-9-5-2-6-10-15/h1-10,16-17H,11-13H2,(H,20,22)(H,21,23)/t16-/m0/s1. The van der Waals surface area contributed by atoms with Gasteiger partial charge in [0, 0.05) is 25.3 Å². The van der Waals surface area contributed by atoms with E-state index >= 15 is 0 Å². The van der Waals surface area contributed by atoms with Crippen LogP contribution in [0.4, 0.5) is 0 Å². The molecule has 3 rings (SSSR count). The van der Waals surface area contributed by atoms with Gasteiger partial charge in [0.1, 0.15) is 0 Å². The average molecular weight is 308 g/mol. The first-order valence-electron chi connectivity index (χ1n) is 7.88. The molecule has 0 radical (unpaired) electrons. The molecule has 2 aromatic rings. The summed E-state index contributed by atoms with van der Waals surface area (Å²) in [5.74, 6) is -0.00959. The Morgan fingerprint density at radius 3 is 2.09 bits per heavy atom. The second-order valence-electron chi connectivity index (χ2n) is 5.85. The van der Waals surface area contributed by atoms with Crippen LogP contribution < -0.4 is 10.6 Å². The minimum absolute atomic E-state index is 0.00188. The fraction of sp³-hybridized carbons (Fsp3) is 0.263. The molecule has 1 aliphatic heterocycles. The van der Waals surface area contributed by atoms with Gasteiger partial charge in [-0.05, 0) is 11.1 Å². The summed E-state index contributed by atoms with van der Waals surface area (Å²) in [7, 11) is 0. The van der Waals surface area contributed by atoms with Crippen molar-refractivity contribution in [3.8, 4) is 0 Å². The van der Waals surface area contributed by atoms with Gasteiger partial charge >= 0.3 is 0 Å². The van der Waals surface area contributed by atoms with Crippen molar-refractivity contribution in [3.63, 3.8) is 0 Å². The molecular formula is C19H20N2O2. The zero-order valence-corrected chi connectivity index (χ0v) is 12.9. The lowest BCUT2D eigenvalue weighted by molar-refractivity contribution is -0.122. The largest absolute Gasteiger partial charge is 0.354 e. The van der Waals surface area contributed by atoms with Gasteiger partial charge in [0.2, 0.25) is 11.8 Å². The molecule has 2 N–H and O–H groups in total. The molecule has 0 bridgehead atoms. The smallest absolute Gasteiger partial charge is 0.222 e. The molecule has 1 heterocycles. The highest BCUT2D eigenvalue weighted by molar-refractivity contribution is 5.82. The van der Waals surface area contributed by atoms with Gasteiger partial charge in [-0.2, -0.15) is 0 Å². The third kappa shape index (κ3) is 3.97. The summed E-state index contributed by atoms with van der Waals surface area (Å²) in [5, 5.41) is 5.69. The van der Waals surface area contributed by atoms with Crippen LogP contribution in [0.3, 0.4) is 0 Å². The molecule has 118 valence electrons. The van der Waals surface area contributed by atoms with E-state index in [1.807, 2.05) is 60.7 Å². The van der Waals surface area contributed by atoms with Crippen molar-refractivity contribution in [2.24, 2.45) is 0 Å². The molecule has 4 nitrogen and oxygen atoms in total. The van der Waals surface area contributed by atoms with E-state index in [1.165, 1.54) is 0 Å². The van der Waals surface area contributed by atoms with E-state index < -0.39 is 0 Å². The first-order valence-corrected chi connectivity index (χ1v) is 7.88. The Morgan fingerprint density at radius 1 is 1.04 bits per heavy atom. The fourth-order valence-corrected chi connectivity index (χ4v) is 2.98. The van der Waals surface area contributed by atoms with Crippen molar-refractivity contribution in [2.75, 3.05) is 6.54 Å². The topological polar surface area (TPSA) is 58.2 Å². The zero-order valence-electron chi connectivity index (χ0n) is 12.9. The summed E-state index contributed by atoms with van der Waals surface area (Å²) in [4.78, 5) is 23.7. The highest BCUT2D eigenvalue weighted by atomic mass is 16.2. The van der Waals surface area contributed by atoms with Crippen molar-refractivity contribution >= 4 is 11.8 Å². The molecule has 2 aromatic carbocycles. The molecule has 0 aromatic heterocycles. The maximum Gasteiger partial charge on any atom is 0.222 e. The summed E-state index contributed by atoms with van der Waals surface area (Å²) < 4.78 is 0. The van der Waals surface area contributed by atoms with E-state index in [9.17, 15) is 9.59 Å². The molecule has 1 aliphatic rings. The SMILES string of the molecule is O=C1C[C@H](NC(=O)CC(c2ccccc2)c2ccccc2)CN1. The molecule has 4 heteroatoms. The lowest BCUT2D eigenvalue weighted by atomic mass is 9.88. The predicted octanol–water partition coefficient (Wildman–Crippen LogP) is 2.21. The van der Waals surface area contributed by atoms with Crippen LogP contribution in [-0.2, 0) is 9.59 Å². The average Bonchev–Trinajstić information content (AvgIpc) is 2.99. The Bertz CT molecular complexity index is 631. The van der Waals surface area contributed by atoms with Gasteiger partial charge < -0.3 is 10.6 Å². The molecule has 0 aliphatic carbocycles. The molecular weight excluding hydrogens is 288 g/mol. The van der Waals surface area contributed by atoms with Gasteiger partial charge in [-0.3, -0.25) is 9.59 Å². The highest BCUT2D eigenvalue weighted by Gasteiger charge is 2.25. The van der Waals surface area contributed by atoms with Gasteiger partial charge in [-0.15, -0.1) is 0 Å². The second kappa shape index (κ2) is 7.09. The third-order valence-electron chi connectivity index (χ3n) is 4.14. The minimum atomic E-state index is -0.0952. The fourth-order valence-electron chi connectivity index (χ4n) is 2.98. The monoisotopic (exact) mass is 308 g/mol. The maximum atomic E-state index is 12.4. The molecule has 0 unspecified atom stereocenters. The summed E-state index contributed by atoms with van der Waals surface area (Å²) >= 11 is 0. The Kier molecular flexibility index (Phi) is 4.71. The summed E-state index contributed by atoms with van der Waals surface area (Å²) in [6.07, 6.45) is 0.742. The Hall–Kier alpha value is -2.62. The first kappa shape index (κ1) is 15.3. The van der Waals surface area contributed by atoms with Gasteiger partial charge in [0.25, 0.3) is 0 Å². The van der Waals surface area contributed by atoms with Crippen LogP contribution in [0.2, 0.25) is 0 Å². The molecule has 1 fully saturated rings. The van der Waals surface area contributed by atoms with Gasteiger partial charge in [0.15, 0.2) is 0 Å². The number of amides is 2. The number of carbonyl (C=O) groups excluding carboxylic acids is 2. The van der Waals surface area contributed by atoms with E-state index in [1.54, 1.807) is 0 Å². The molecule has 0 spiro atoms. The number of carbonyl (C=O) groups is 2. The van der Waals surface area contributed by atoms with Crippen LogP contribution in [-0.4, -0.2) is 24.4 Å². The van der Waals surface area contributed by atoms with E-state index in [2.05, 4.69) is 10.6 Å². The summed E-state index contributed by atoms with van der Waals surface area (Å²) in [5.41, 5.74) is 2.24. The minimum Gasteiger partial charge on any atom is -0.354 e. The van der Waals surface area contributed by atoms with Crippen molar-refractivity contribution in [2.45, 2.75) is 24.8 Å². The van der Waals surface area contributed by atoms with Crippen molar-refractivity contribution in [1.82, 2.24) is 10.6 Å².